The number of hydrogen-bond donors (Lipinski definition) is 0. The van der Waals surface area contributed by atoms with Crippen LogP contribution in [0, 0.1) is 0 Å². The quantitative estimate of drug-likeness (QED) is 0.480. The van der Waals surface area contributed by atoms with Gasteiger partial charge in [-0.05, 0) is 18.6 Å². The summed E-state index contributed by atoms with van der Waals surface area (Å²) < 4.78 is 3.34. The summed E-state index contributed by atoms with van der Waals surface area (Å²) in [5.41, 5.74) is 1.41. The Balaban J connectivity index is 1.38. The van der Waals surface area contributed by atoms with Crippen molar-refractivity contribution < 1.29 is 4.79 Å². The van der Waals surface area contributed by atoms with Gasteiger partial charge in [0.15, 0.2) is 0 Å². The first-order chi connectivity index (χ1) is 15.7. The van der Waals surface area contributed by atoms with E-state index in [1.54, 1.807) is 29.6 Å². The molecule has 9 nitrogen and oxygen atoms in total. The molecule has 1 saturated heterocycles. The molecule has 0 bridgehead atoms. The van der Waals surface area contributed by atoms with Crippen molar-refractivity contribution in [3.63, 3.8) is 0 Å². The molecular weight excluding hydrogens is 406 g/mol. The van der Waals surface area contributed by atoms with E-state index in [9.17, 15) is 9.59 Å². The van der Waals surface area contributed by atoms with Gasteiger partial charge in [0.2, 0.25) is 11.9 Å². The molecular formula is C23H25N7O2. The number of carbonyl (C=O) groups is 1. The van der Waals surface area contributed by atoms with Crippen LogP contribution in [0.25, 0.3) is 21.8 Å². The molecule has 4 aromatic rings. The van der Waals surface area contributed by atoms with Gasteiger partial charge in [-0.2, -0.15) is 5.10 Å². The molecule has 32 heavy (non-hydrogen) atoms. The minimum Gasteiger partial charge on any atom is -0.338 e. The van der Waals surface area contributed by atoms with Gasteiger partial charge < -0.3 is 14.4 Å². The summed E-state index contributed by atoms with van der Waals surface area (Å²) in [4.78, 5) is 38.7. The van der Waals surface area contributed by atoms with E-state index in [1.807, 2.05) is 28.8 Å². The molecule has 0 unspecified atom stereocenters. The molecule has 9 heteroatoms. The van der Waals surface area contributed by atoms with Gasteiger partial charge in [-0.3, -0.25) is 9.59 Å². The summed E-state index contributed by atoms with van der Waals surface area (Å²) in [6.45, 7) is 5.19. The fourth-order valence-corrected chi connectivity index (χ4v) is 4.40. The standard InChI is InChI=1S/C23H25N7O2/c1-2-10-29-19-7-4-3-6-17(19)18-15-26-30(22(32)21(18)29)16-20(31)27-11-13-28(14-12-27)23-24-8-5-9-25-23/h3-9,15H,2,10-14,16H2,1H3. The number of para-hydroxylation sites is 1. The third-order valence-corrected chi connectivity index (χ3v) is 5.97. The Morgan fingerprint density at radius 1 is 1.00 bits per heavy atom. The number of rotatable bonds is 5. The minimum absolute atomic E-state index is 0.0652. The molecule has 0 aliphatic carbocycles. The number of aryl methyl sites for hydroxylation is 1. The van der Waals surface area contributed by atoms with Crippen molar-refractivity contribution in [3.05, 3.63) is 59.3 Å². The lowest BCUT2D eigenvalue weighted by Gasteiger charge is -2.34. The maximum Gasteiger partial charge on any atom is 0.291 e. The Labute approximate surface area is 184 Å². The molecule has 0 spiro atoms. The van der Waals surface area contributed by atoms with Crippen molar-refractivity contribution in [2.24, 2.45) is 0 Å². The average Bonchev–Trinajstić information content (AvgIpc) is 3.16. The van der Waals surface area contributed by atoms with E-state index in [2.05, 4.69) is 26.9 Å². The fraction of sp³-hybridized carbons (Fsp3) is 0.348. The van der Waals surface area contributed by atoms with Crippen molar-refractivity contribution >= 4 is 33.7 Å². The van der Waals surface area contributed by atoms with Crippen molar-refractivity contribution in [2.45, 2.75) is 26.4 Å². The molecule has 1 fully saturated rings. The summed E-state index contributed by atoms with van der Waals surface area (Å²) in [7, 11) is 0. The normalized spacial score (nSPS) is 14.4. The number of hydrogen-bond acceptors (Lipinski definition) is 6. The number of anilines is 1. The van der Waals surface area contributed by atoms with Crippen molar-refractivity contribution in [1.82, 2.24) is 29.2 Å². The molecule has 1 aliphatic heterocycles. The van der Waals surface area contributed by atoms with Gasteiger partial charge in [0.1, 0.15) is 12.1 Å². The van der Waals surface area contributed by atoms with Gasteiger partial charge in [-0.25, -0.2) is 14.6 Å². The second-order valence-corrected chi connectivity index (χ2v) is 7.96. The number of nitrogens with zero attached hydrogens (tertiary/aromatic N) is 7. The van der Waals surface area contributed by atoms with E-state index in [-0.39, 0.29) is 18.0 Å². The number of aromatic nitrogens is 5. The second-order valence-electron chi connectivity index (χ2n) is 7.96. The minimum atomic E-state index is -0.225. The van der Waals surface area contributed by atoms with Crippen LogP contribution in [0.2, 0.25) is 0 Å². The van der Waals surface area contributed by atoms with Gasteiger partial charge in [-0.1, -0.05) is 25.1 Å². The van der Waals surface area contributed by atoms with Crippen LogP contribution in [-0.2, 0) is 17.9 Å². The van der Waals surface area contributed by atoms with E-state index in [1.165, 1.54) is 4.68 Å². The molecule has 4 heterocycles. The van der Waals surface area contributed by atoms with Crippen LogP contribution in [0.3, 0.4) is 0 Å². The van der Waals surface area contributed by atoms with Crippen molar-refractivity contribution in [3.8, 4) is 0 Å². The van der Waals surface area contributed by atoms with E-state index >= 15 is 0 Å². The molecule has 0 saturated carbocycles. The third kappa shape index (κ3) is 3.49. The topological polar surface area (TPSA) is 89.2 Å². The molecule has 0 atom stereocenters. The molecule has 0 N–H and O–H groups in total. The summed E-state index contributed by atoms with van der Waals surface area (Å²) in [5.74, 6) is 0.567. The van der Waals surface area contributed by atoms with Crippen LogP contribution >= 0.6 is 0 Å². The number of benzene rings is 1. The van der Waals surface area contributed by atoms with Crippen LogP contribution in [0.1, 0.15) is 13.3 Å². The summed E-state index contributed by atoms with van der Waals surface area (Å²) in [6.07, 6.45) is 6.05. The van der Waals surface area contributed by atoms with Gasteiger partial charge in [0.25, 0.3) is 5.56 Å². The Kier molecular flexibility index (Phi) is 5.30. The number of amides is 1. The first-order valence-corrected chi connectivity index (χ1v) is 10.9. The first kappa shape index (κ1) is 20.2. The highest BCUT2D eigenvalue weighted by molar-refractivity contribution is 6.07. The zero-order valence-corrected chi connectivity index (χ0v) is 18.0. The smallest absolute Gasteiger partial charge is 0.291 e. The van der Waals surface area contributed by atoms with E-state index in [0.29, 0.717) is 37.6 Å². The van der Waals surface area contributed by atoms with Crippen LogP contribution in [0.4, 0.5) is 5.95 Å². The van der Waals surface area contributed by atoms with Gasteiger partial charge in [0.05, 0.1) is 6.20 Å². The van der Waals surface area contributed by atoms with Crippen LogP contribution in [0.15, 0.2) is 53.7 Å². The van der Waals surface area contributed by atoms with Crippen molar-refractivity contribution in [2.75, 3.05) is 31.1 Å². The second kappa shape index (κ2) is 8.41. The van der Waals surface area contributed by atoms with Crippen molar-refractivity contribution in [1.29, 1.82) is 0 Å². The highest BCUT2D eigenvalue weighted by Gasteiger charge is 2.24. The van der Waals surface area contributed by atoms with E-state index in [4.69, 9.17) is 0 Å². The van der Waals surface area contributed by atoms with Crippen LogP contribution in [0.5, 0.6) is 0 Å². The molecule has 164 valence electrons. The average molecular weight is 432 g/mol. The molecule has 1 amide bonds. The summed E-state index contributed by atoms with van der Waals surface area (Å²) in [6, 6.07) is 9.76. The Morgan fingerprint density at radius 3 is 2.50 bits per heavy atom. The predicted octanol–water partition coefficient (Wildman–Crippen LogP) is 1.90. The first-order valence-electron chi connectivity index (χ1n) is 10.9. The lowest BCUT2D eigenvalue weighted by molar-refractivity contribution is -0.132. The highest BCUT2D eigenvalue weighted by atomic mass is 16.2. The molecule has 0 radical (unpaired) electrons. The molecule has 1 aromatic carbocycles. The predicted molar refractivity (Wildman–Crippen MR) is 123 cm³/mol. The SMILES string of the molecule is CCCn1c2ccccc2c2cnn(CC(=O)N3CCN(c4ncccn4)CC3)c(=O)c21. The van der Waals surface area contributed by atoms with Crippen LogP contribution in [-0.4, -0.2) is 61.3 Å². The maximum absolute atomic E-state index is 13.3. The number of fused-ring (bicyclic) bond motifs is 3. The van der Waals surface area contributed by atoms with Gasteiger partial charge >= 0.3 is 0 Å². The highest BCUT2D eigenvalue weighted by Crippen LogP contribution is 2.26. The zero-order valence-electron chi connectivity index (χ0n) is 18.0. The summed E-state index contributed by atoms with van der Waals surface area (Å²) in [5, 5.41) is 6.19. The molecule has 5 rings (SSSR count). The zero-order chi connectivity index (χ0) is 22.1. The number of carbonyl (C=O) groups excluding carboxylic acids is 1. The fourth-order valence-electron chi connectivity index (χ4n) is 4.40. The Morgan fingerprint density at radius 2 is 1.75 bits per heavy atom. The Hall–Kier alpha value is -3.75. The Bertz CT molecular complexity index is 1320. The number of piperazine rings is 1. The van der Waals surface area contributed by atoms with E-state index in [0.717, 1.165) is 29.3 Å². The van der Waals surface area contributed by atoms with E-state index < -0.39 is 0 Å². The largest absolute Gasteiger partial charge is 0.338 e. The maximum atomic E-state index is 13.3. The monoisotopic (exact) mass is 431 g/mol. The summed E-state index contributed by atoms with van der Waals surface area (Å²) >= 11 is 0. The lowest BCUT2D eigenvalue weighted by atomic mass is 10.2. The molecule has 3 aromatic heterocycles. The van der Waals surface area contributed by atoms with Crippen LogP contribution < -0.4 is 10.5 Å². The molecule has 1 aliphatic rings. The lowest BCUT2D eigenvalue weighted by Crippen LogP contribution is -2.50. The van der Waals surface area contributed by atoms with Gasteiger partial charge in [0, 0.05) is 61.4 Å². The third-order valence-electron chi connectivity index (χ3n) is 5.97. The van der Waals surface area contributed by atoms with Gasteiger partial charge in [-0.15, -0.1) is 0 Å².